The zero-order valence-corrected chi connectivity index (χ0v) is 10.6. The number of aryl methyl sites for hydroxylation is 1. The van der Waals surface area contributed by atoms with E-state index in [0.717, 1.165) is 16.5 Å². The normalized spacial score (nSPS) is 10.6. The molecule has 0 bridgehead atoms. The lowest BCUT2D eigenvalue weighted by Crippen LogP contribution is -1.83. The molecule has 16 heavy (non-hydrogen) atoms. The van der Waals surface area contributed by atoms with E-state index in [9.17, 15) is 0 Å². The van der Waals surface area contributed by atoms with E-state index in [4.69, 9.17) is 5.73 Å². The number of hydrogen-bond donors (Lipinski definition) is 1. The van der Waals surface area contributed by atoms with Crippen LogP contribution in [0.25, 0.3) is 0 Å². The maximum absolute atomic E-state index is 5.51. The predicted molar refractivity (Wildman–Crippen MR) is 70.5 cm³/mol. The van der Waals surface area contributed by atoms with Gasteiger partial charge in [-0.2, -0.15) is 0 Å². The van der Waals surface area contributed by atoms with E-state index in [1.54, 1.807) is 0 Å². The lowest BCUT2D eigenvalue weighted by Gasteiger charge is -2.00. The summed E-state index contributed by atoms with van der Waals surface area (Å²) in [4.78, 5) is 0. The molecule has 1 heterocycles. The molecule has 2 N–H and O–H groups in total. The van der Waals surface area contributed by atoms with E-state index in [2.05, 4.69) is 41.4 Å². The minimum Gasteiger partial charge on any atom is -0.374 e. The van der Waals surface area contributed by atoms with Crippen LogP contribution in [-0.4, -0.2) is 10.2 Å². The van der Waals surface area contributed by atoms with Crippen LogP contribution in [0, 0.1) is 6.92 Å². The number of rotatable bonds is 4. The first-order valence-corrected chi connectivity index (χ1v) is 6.92. The zero-order chi connectivity index (χ0) is 11.4. The summed E-state index contributed by atoms with van der Waals surface area (Å²) in [5, 5.41) is 9.31. The maximum atomic E-state index is 5.51. The molecule has 0 spiro atoms. The summed E-state index contributed by atoms with van der Waals surface area (Å²) >= 11 is 3.29. The smallest absolute Gasteiger partial charge is 0.203 e. The van der Waals surface area contributed by atoms with Crippen molar-refractivity contribution >= 4 is 28.2 Å². The summed E-state index contributed by atoms with van der Waals surface area (Å²) in [6.45, 7) is 2.10. The molecule has 0 radical (unpaired) electrons. The second-order valence-corrected chi connectivity index (χ2v) is 5.59. The third kappa shape index (κ3) is 3.21. The monoisotopic (exact) mass is 251 g/mol. The van der Waals surface area contributed by atoms with E-state index >= 15 is 0 Å². The number of nitrogens with two attached hydrogens (primary N) is 1. The average molecular weight is 251 g/mol. The molecule has 2 rings (SSSR count). The Balaban J connectivity index is 1.82. The fourth-order valence-electron chi connectivity index (χ4n) is 1.27. The Kier molecular flexibility index (Phi) is 3.79. The molecule has 84 valence electrons. The molecule has 0 aliphatic heterocycles. The van der Waals surface area contributed by atoms with Gasteiger partial charge >= 0.3 is 0 Å². The molecule has 3 nitrogen and oxygen atoms in total. The second kappa shape index (κ2) is 5.32. The molecule has 0 saturated heterocycles. The minimum atomic E-state index is 0.547. The quantitative estimate of drug-likeness (QED) is 0.908. The fourth-order valence-corrected chi connectivity index (χ4v) is 2.92. The molecule has 1 aromatic heterocycles. The Hall–Kier alpha value is -1.07. The standard InChI is InChI=1S/C11H13N3S2/c1-8-2-4-9(5-3-8)6-15-7-10-13-14-11(12)16-10/h2-5H,6-7H2,1H3,(H2,12,14). The van der Waals surface area contributed by atoms with Crippen molar-refractivity contribution in [2.75, 3.05) is 5.73 Å². The van der Waals surface area contributed by atoms with Gasteiger partial charge in [0.2, 0.25) is 5.13 Å². The largest absolute Gasteiger partial charge is 0.374 e. The first kappa shape index (κ1) is 11.4. The SMILES string of the molecule is Cc1ccc(CSCc2nnc(N)s2)cc1. The summed E-state index contributed by atoms with van der Waals surface area (Å²) in [6.07, 6.45) is 0. The van der Waals surface area contributed by atoms with E-state index in [0.29, 0.717) is 5.13 Å². The Bertz CT molecular complexity index is 451. The molecule has 0 fully saturated rings. The predicted octanol–water partition coefficient (Wildman–Crippen LogP) is 2.86. The average Bonchev–Trinajstić information content (AvgIpc) is 2.67. The van der Waals surface area contributed by atoms with Crippen LogP contribution in [0.3, 0.4) is 0 Å². The molecule has 0 amide bonds. The van der Waals surface area contributed by atoms with Crippen LogP contribution in [-0.2, 0) is 11.5 Å². The first-order chi connectivity index (χ1) is 7.74. The lowest BCUT2D eigenvalue weighted by atomic mass is 10.2. The third-order valence-corrected chi connectivity index (χ3v) is 4.05. The van der Waals surface area contributed by atoms with Crippen LogP contribution in [0.5, 0.6) is 0 Å². The summed E-state index contributed by atoms with van der Waals surface area (Å²) in [6, 6.07) is 8.60. The van der Waals surface area contributed by atoms with Crippen LogP contribution in [0.1, 0.15) is 16.1 Å². The molecular weight excluding hydrogens is 238 g/mol. The van der Waals surface area contributed by atoms with Crippen LogP contribution >= 0.6 is 23.1 Å². The molecule has 5 heteroatoms. The Morgan fingerprint density at radius 1 is 1.19 bits per heavy atom. The zero-order valence-electron chi connectivity index (χ0n) is 9.01. The molecule has 0 aliphatic carbocycles. The molecule has 1 aromatic carbocycles. The number of nitrogens with zero attached hydrogens (tertiary/aromatic N) is 2. The van der Waals surface area contributed by atoms with E-state index in [-0.39, 0.29) is 0 Å². The fraction of sp³-hybridized carbons (Fsp3) is 0.273. The van der Waals surface area contributed by atoms with Crippen LogP contribution < -0.4 is 5.73 Å². The van der Waals surface area contributed by atoms with Gasteiger partial charge in [0.25, 0.3) is 0 Å². The highest BCUT2D eigenvalue weighted by Gasteiger charge is 2.01. The van der Waals surface area contributed by atoms with Crippen molar-refractivity contribution in [1.29, 1.82) is 0 Å². The number of nitrogen functional groups attached to an aromatic ring is 1. The maximum Gasteiger partial charge on any atom is 0.203 e. The Morgan fingerprint density at radius 3 is 2.56 bits per heavy atom. The molecule has 0 unspecified atom stereocenters. The van der Waals surface area contributed by atoms with E-state index in [1.807, 2.05) is 11.8 Å². The van der Waals surface area contributed by atoms with Gasteiger partial charge in [-0.3, -0.25) is 0 Å². The van der Waals surface area contributed by atoms with Crippen LogP contribution in [0.4, 0.5) is 5.13 Å². The Morgan fingerprint density at radius 2 is 1.94 bits per heavy atom. The van der Waals surface area contributed by atoms with Gasteiger partial charge < -0.3 is 5.73 Å². The molecule has 0 aliphatic rings. The van der Waals surface area contributed by atoms with Crippen LogP contribution in [0.15, 0.2) is 24.3 Å². The van der Waals surface area contributed by atoms with Gasteiger partial charge in [0, 0.05) is 11.5 Å². The van der Waals surface area contributed by atoms with Gasteiger partial charge in [0.1, 0.15) is 5.01 Å². The van der Waals surface area contributed by atoms with Crippen molar-refractivity contribution < 1.29 is 0 Å². The Labute approximate surface area is 103 Å². The van der Waals surface area contributed by atoms with Crippen molar-refractivity contribution in [3.8, 4) is 0 Å². The summed E-state index contributed by atoms with van der Waals surface area (Å²) in [5.41, 5.74) is 8.15. The lowest BCUT2D eigenvalue weighted by molar-refractivity contribution is 1.05. The highest BCUT2D eigenvalue weighted by molar-refractivity contribution is 7.97. The van der Waals surface area contributed by atoms with Gasteiger partial charge in [0.15, 0.2) is 0 Å². The van der Waals surface area contributed by atoms with Crippen molar-refractivity contribution in [2.45, 2.75) is 18.4 Å². The molecule has 0 atom stereocenters. The summed E-state index contributed by atoms with van der Waals surface area (Å²) in [5.74, 6) is 1.88. The highest BCUT2D eigenvalue weighted by Crippen LogP contribution is 2.21. The number of benzene rings is 1. The number of hydrogen-bond acceptors (Lipinski definition) is 5. The van der Waals surface area contributed by atoms with Crippen molar-refractivity contribution in [3.63, 3.8) is 0 Å². The summed E-state index contributed by atoms with van der Waals surface area (Å²) in [7, 11) is 0. The number of anilines is 1. The van der Waals surface area contributed by atoms with Gasteiger partial charge in [0.05, 0.1) is 0 Å². The molecule has 0 saturated carbocycles. The van der Waals surface area contributed by atoms with Crippen molar-refractivity contribution in [3.05, 3.63) is 40.4 Å². The third-order valence-electron chi connectivity index (χ3n) is 2.10. The second-order valence-electron chi connectivity index (χ2n) is 3.51. The van der Waals surface area contributed by atoms with E-state index in [1.165, 1.54) is 22.5 Å². The first-order valence-electron chi connectivity index (χ1n) is 4.95. The number of thioether (sulfide) groups is 1. The summed E-state index contributed by atoms with van der Waals surface area (Å²) < 4.78 is 0. The van der Waals surface area contributed by atoms with Gasteiger partial charge in [-0.15, -0.1) is 22.0 Å². The van der Waals surface area contributed by atoms with Gasteiger partial charge in [-0.1, -0.05) is 41.2 Å². The molecule has 2 aromatic rings. The highest BCUT2D eigenvalue weighted by atomic mass is 32.2. The van der Waals surface area contributed by atoms with Gasteiger partial charge in [-0.25, -0.2) is 0 Å². The van der Waals surface area contributed by atoms with E-state index < -0.39 is 0 Å². The van der Waals surface area contributed by atoms with Crippen molar-refractivity contribution in [2.24, 2.45) is 0 Å². The van der Waals surface area contributed by atoms with Gasteiger partial charge in [-0.05, 0) is 12.5 Å². The minimum absolute atomic E-state index is 0.547. The topological polar surface area (TPSA) is 51.8 Å². The number of aromatic nitrogens is 2. The van der Waals surface area contributed by atoms with Crippen LogP contribution in [0.2, 0.25) is 0 Å². The molecular formula is C11H13N3S2. The van der Waals surface area contributed by atoms with Crippen molar-refractivity contribution in [1.82, 2.24) is 10.2 Å².